The average molecular weight is 247 g/mol. The molecule has 0 amide bonds. The second-order valence-electron chi connectivity index (χ2n) is 4.14. The SMILES string of the molecule is N#CCc1ccc(OCCC2OCCCO2)cc1. The van der Waals surface area contributed by atoms with Gasteiger partial charge in [0, 0.05) is 6.42 Å². The van der Waals surface area contributed by atoms with E-state index in [1.54, 1.807) is 0 Å². The Morgan fingerprint density at radius 2 is 1.94 bits per heavy atom. The van der Waals surface area contributed by atoms with Gasteiger partial charge in [0.2, 0.25) is 0 Å². The third kappa shape index (κ3) is 4.02. The highest BCUT2D eigenvalue weighted by molar-refractivity contribution is 5.28. The topological polar surface area (TPSA) is 51.5 Å². The van der Waals surface area contributed by atoms with E-state index < -0.39 is 0 Å². The molecular formula is C14H17NO3. The first-order valence-electron chi connectivity index (χ1n) is 6.20. The minimum Gasteiger partial charge on any atom is -0.493 e. The van der Waals surface area contributed by atoms with Crippen molar-refractivity contribution in [2.75, 3.05) is 19.8 Å². The van der Waals surface area contributed by atoms with E-state index in [0.717, 1.165) is 37.4 Å². The molecule has 1 aromatic carbocycles. The third-order valence-electron chi connectivity index (χ3n) is 2.72. The lowest BCUT2D eigenvalue weighted by molar-refractivity contribution is -0.183. The van der Waals surface area contributed by atoms with Gasteiger partial charge < -0.3 is 14.2 Å². The highest BCUT2D eigenvalue weighted by Crippen LogP contribution is 2.14. The van der Waals surface area contributed by atoms with E-state index in [9.17, 15) is 0 Å². The maximum atomic E-state index is 8.57. The largest absolute Gasteiger partial charge is 0.493 e. The van der Waals surface area contributed by atoms with Crippen molar-refractivity contribution < 1.29 is 14.2 Å². The van der Waals surface area contributed by atoms with Crippen LogP contribution in [0.3, 0.4) is 0 Å². The molecule has 18 heavy (non-hydrogen) atoms. The quantitative estimate of drug-likeness (QED) is 0.801. The molecule has 1 aromatic rings. The molecule has 1 heterocycles. The second-order valence-corrected chi connectivity index (χ2v) is 4.14. The van der Waals surface area contributed by atoms with Crippen LogP contribution in [0, 0.1) is 11.3 Å². The minimum atomic E-state index is -0.128. The Kier molecular flexibility index (Phi) is 5.00. The molecule has 0 aliphatic carbocycles. The Hall–Kier alpha value is -1.57. The number of hydrogen-bond acceptors (Lipinski definition) is 4. The number of benzene rings is 1. The normalized spacial score (nSPS) is 16.2. The number of nitrogens with zero attached hydrogens (tertiary/aromatic N) is 1. The summed E-state index contributed by atoms with van der Waals surface area (Å²) < 4.78 is 16.5. The van der Waals surface area contributed by atoms with Gasteiger partial charge in [-0.1, -0.05) is 12.1 Å². The van der Waals surface area contributed by atoms with Gasteiger partial charge in [0.1, 0.15) is 5.75 Å². The molecule has 0 aromatic heterocycles. The molecule has 0 spiro atoms. The molecule has 1 aliphatic rings. The molecule has 4 heteroatoms. The monoisotopic (exact) mass is 247 g/mol. The summed E-state index contributed by atoms with van der Waals surface area (Å²) >= 11 is 0. The Morgan fingerprint density at radius 3 is 2.61 bits per heavy atom. The summed E-state index contributed by atoms with van der Waals surface area (Å²) in [6, 6.07) is 9.70. The molecule has 0 N–H and O–H groups in total. The standard InChI is InChI=1S/C14H17NO3/c15-8-6-12-2-4-13(5-3-12)16-11-7-14-17-9-1-10-18-14/h2-5,14H,1,6-7,9-11H2. The first-order valence-corrected chi connectivity index (χ1v) is 6.20. The lowest BCUT2D eigenvalue weighted by atomic mass is 10.2. The number of ether oxygens (including phenoxy) is 3. The molecule has 0 bridgehead atoms. The molecule has 4 nitrogen and oxygen atoms in total. The Bertz CT molecular complexity index is 390. The second kappa shape index (κ2) is 7.00. The third-order valence-corrected chi connectivity index (χ3v) is 2.72. The minimum absolute atomic E-state index is 0.128. The molecular weight excluding hydrogens is 230 g/mol. The maximum Gasteiger partial charge on any atom is 0.160 e. The average Bonchev–Trinajstić information content (AvgIpc) is 2.42. The van der Waals surface area contributed by atoms with Gasteiger partial charge in [0.05, 0.1) is 32.3 Å². The van der Waals surface area contributed by atoms with Crippen molar-refractivity contribution >= 4 is 0 Å². The fraction of sp³-hybridized carbons (Fsp3) is 0.500. The van der Waals surface area contributed by atoms with E-state index in [1.807, 2.05) is 24.3 Å². The summed E-state index contributed by atoms with van der Waals surface area (Å²) in [7, 11) is 0. The zero-order chi connectivity index (χ0) is 12.6. The summed E-state index contributed by atoms with van der Waals surface area (Å²) in [5, 5.41) is 8.57. The first kappa shape index (κ1) is 12.9. The summed E-state index contributed by atoms with van der Waals surface area (Å²) in [5.74, 6) is 0.812. The number of nitriles is 1. The predicted molar refractivity (Wildman–Crippen MR) is 66.2 cm³/mol. The van der Waals surface area contributed by atoms with Crippen LogP contribution in [0.1, 0.15) is 18.4 Å². The summed E-state index contributed by atoms with van der Waals surface area (Å²) in [4.78, 5) is 0. The molecule has 0 radical (unpaired) electrons. The number of rotatable bonds is 5. The van der Waals surface area contributed by atoms with Gasteiger partial charge in [0.25, 0.3) is 0 Å². The van der Waals surface area contributed by atoms with E-state index in [1.165, 1.54) is 0 Å². The predicted octanol–water partition coefficient (Wildman–Crippen LogP) is 2.28. The zero-order valence-corrected chi connectivity index (χ0v) is 10.3. The van der Waals surface area contributed by atoms with E-state index in [2.05, 4.69) is 6.07 Å². The van der Waals surface area contributed by atoms with E-state index in [4.69, 9.17) is 19.5 Å². The lowest BCUT2D eigenvalue weighted by Crippen LogP contribution is -2.26. The zero-order valence-electron chi connectivity index (χ0n) is 10.3. The summed E-state index contributed by atoms with van der Waals surface area (Å²) in [6.45, 7) is 2.11. The van der Waals surface area contributed by atoms with Crippen molar-refractivity contribution in [3.05, 3.63) is 29.8 Å². The Labute approximate surface area is 107 Å². The first-order chi connectivity index (χ1) is 8.88. The maximum absolute atomic E-state index is 8.57. The molecule has 96 valence electrons. The van der Waals surface area contributed by atoms with Crippen molar-refractivity contribution in [1.82, 2.24) is 0 Å². The summed E-state index contributed by atoms with van der Waals surface area (Å²) in [6.07, 6.45) is 2.01. The van der Waals surface area contributed by atoms with Crippen molar-refractivity contribution in [3.63, 3.8) is 0 Å². The van der Waals surface area contributed by atoms with Crippen LogP contribution < -0.4 is 4.74 Å². The van der Waals surface area contributed by atoms with Gasteiger partial charge >= 0.3 is 0 Å². The molecule has 1 fully saturated rings. The fourth-order valence-corrected chi connectivity index (χ4v) is 1.77. The number of hydrogen-bond donors (Lipinski definition) is 0. The highest BCUT2D eigenvalue weighted by atomic mass is 16.7. The molecule has 1 aliphatic heterocycles. The molecule has 0 unspecified atom stereocenters. The van der Waals surface area contributed by atoms with E-state index >= 15 is 0 Å². The molecule has 0 atom stereocenters. The van der Waals surface area contributed by atoms with Crippen LogP contribution in [0.5, 0.6) is 5.75 Å². The van der Waals surface area contributed by atoms with Crippen LogP contribution in [0.15, 0.2) is 24.3 Å². The van der Waals surface area contributed by atoms with E-state index in [0.29, 0.717) is 13.0 Å². The van der Waals surface area contributed by atoms with Gasteiger partial charge in [0.15, 0.2) is 6.29 Å². The van der Waals surface area contributed by atoms with Gasteiger partial charge in [-0.15, -0.1) is 0 Å². The van der Waals surface area contributed by atoms with Crippen molar-refractivity contribution in [3.8, 4) is 11.8 Å². The Morgan fingerprint density at radius 1 is 1.22 bits per heavy atom. The fourth-order valence-electron chi connectivity index (χ4n) is 1.77. The van der Waals surface area contributed by atoms with E-state index in [-0.39, 0.29) is 6.29 Å². The highest BCUT2D eigenvalue weighted by Gasteiger charge is 2.13. The molecule has 1 saturated heterocycles. The van der Waals surface area contributed by atoms with Crippen LogP contribution in [-0.2, 0) is 15.9 Å². The van der Waals surface area contributed by atoms with Gasteiger partial charge in [-0.25, -0.2) is 0 Å². The van der Waals surface area contributed by atoms with Crippen molar-refractivity contribution in [2.45, 2.75) is 25.6 Å². The van der Waals surface area contributed by atoms with Crippen LogP contribution in [0.25, 0.3) is 0 Å². The van der Waals surface area contributed by atoms with Crippen LogP contribution >= 0.6 is 0 Å². The smallest absolute Gasteiger partial charge is 0.160 e. The van der Waals surface area contributed by atoms with Gasteiger partial charge in [-0.3, -0.25) is 0 Å². The van der Waals surface area contributed by atoms with Crippen LogP contribution in [0.4, 0.5) is 0 Å². The molecule has 2 rings (SSSR count). The van der Waals surface area contributed by atoms with Crippen LogP contribution in [-0.4, -0.2) is 26.1 Å². The van der Waals surface area contributed by atoms with Gasteiger partial charge in [-0.2, -0.15) is 5.26 Å². The molecule has 0 saturated carbocycles. The van der Waals surface area contributed by atoms with Crippen molar-refractivity contribution in [1.29, 1.82) is 5.26 Å². The van der Waals surface area contributed by atoms with Gasteiger partial charge in [-0.05, 0) is 24.1 Å². The summed E-state index contributed by atoms with van der Waals surface area (Å²) in [5.41, 5.74) is 1.00. The van der Waals surface area contributed by atoms with Crippen molar-refractivity contribution in [2.24, 2.45) is 0 Å². The van der Waals surface area contributed by atoms with Crippen LogP contribution in [0.2, 0.25) is 0 Å². The lowest BCUT2D eigenvalue weighted by Gasteiger charge is -2.23. The Balaban J connectivity index is 1.71.